The average Bonchev–Trinajstić information content (AvgIpc) is 2.89. The quantitative estimate of drug-likeness (QED) is 0.614. The molecule has 0 radical (unpaired) electrons. The van der Waals surface area contributed by atoms with E-state index in [0.29, 0.717) is 11.4 Å². The number of hydrogen-bond acceptors (Lipinski definition) is 8. The Balaban J connectivity index is 1.93. The first-order valence-corrected chi connectivity index (χ1v) is 9.30. The van der Waals surface area contributed by atoms with Crippen molar-refractivity contribution in [2.24, 2.45) is 15.3 Å². The summed E-state index contributed by atoms with van der Waals surface area (Å²) in [7, 11) is -4.97. The monoisotopic (exact) mass is 407 g/mol. The van der Waals surface area contributed by atoms with E-state index in [0.717, 1.165) is 12.1 Å². The van der Waals surface area contributed by atoms with Gasteiger partial charge in [-0.15, -0.1) is 0 Å². The molecule has 3 rings (SSSR count). The number of nitrogens with zero attached hydrogens (tertiary/aromatic N) is 4. The van der Waals surface area contributed by atoms with Gasteiger partial charge in [-0.25, -0.2) is 8.42 Å². The Morgan fingerprint density at radius 2 is 1.93 bits per heavy atom. The number of anilines is 1. The number of phenols is 1. The number of phenolic OH excluding ortho intramolecular Hbond substituents is 1. The smallest absolute Gasteiger partial charge is 0.280 e. The van der Waals surface area contributed by atoms with Crippen molar-refractivity contribution in [2.45, 2.75) is 17.9 Å². The summed E-state index contributed by atoms with van der Waals surface area (Å²) >= 11 is 5.77. The SMILES string of the molecule is CC1=NN(c2ccccc2)C(=O)C1N=Nc1cc(Cl)cc(S(=O)(=O)[O-])c1O. The van der Waals surface area contributed by atoms with Crippen LogP contribution < -0.4 is 5.01 Å². The zero-order chi connectivity index (χ0) is 19.8. The normalized spacial score (nSPS) is 17.6. The van der Waals surface area contributed by atoms with Gasteiger partial charge in [0.15, 0.2) is 11.8 Å². The predicted octanol–water partition coefficient (Wildman–Crippen LogP) is 2.82. The van der Waals surface area contributed by atoms with Crippen LogP contribution in [0.3, 0.4) is 0 Å². The molecule has 1 N–H and O–H groups in total. The third-order valence-electron chi connectivity index (χ3n) is 3.67. The highest BCUT2D eigenvalue weighted by atomic mass is 35.5. The highest BCUT2D eigenvalue weighted by molar-refractivity contribution is 7.85. The van der Waals surface area contributed by atoms with Crippen molar-refractivity contribution in [3.8, 4) is 5.75 Å². The molecule has 0 saturated heterocycles. The van der Waals surface area contributed by atoms with Gasteiger partial charge in [-0.1, -0.05) is 29.8 Å². The number of rotatable bonds is 4. The number of amides is 1. The minimum absolute atomic E-state index is 0.134. The van der Waals surface area contributed by atoms with Crippen LogP contribution >= 0.6 is 11.6 Å². The van der Waals surface area contributed by atoms with E-state index in [1.807, 2.05) is 0 Å². The molecule has 0 bridgehead atoms. The van der Waals surface area contributed by atoms with Gasteiger partial charge in [-0.2, -0.15) is 20.3 Å². The lowest BCUT2D eigenvalue weighted by molar-refractivity contribution is -0.117. The fraction of sp³-hybridized carbons (Fsp3) is 0.125. The maximum Gasteiger partial charge on any atom is 0.280 e. The van der Waals surface area contributed by atoms with Crippen LogP contribution in [0.25, 0.3) is 0 Å². The minimum atomic E-state index is -4.97. The molecule has 1 amide bonds. The maximum absolute atomic E-state index is 12.5. The Hall–Kier alpha value is -2.82. The van der Waals surface area contributed by atoms with Gasteiger partial charge < -0.3 is 9.66 Å². The van der Waals surface area contributed by atoms with Crippen molar-refractivity contribution in [3.63, 3.8) is 0 Å². The number of halogens is 1. The van der Waals surface area contributed by atoms with Gasteiger partial charge in [0.2, 0.25) is 0 Å². The number of hydrogen-bond donors (Lipinski definition) is 1. The molecule has 11 heteroatoms. The van der Waals surface area contributed by atoms with Crippen LogP contribution in [0.2, 0.25) is 5.02 Å². The molecule has 0 spiro atoms. The van der Waals surface area contributed by atoms with Crippen LogP contribution in [0, 0.1) is 0 Å². The molecule has 2 aromatic rings. The van der Waals surface area contributed by atoms with Crippen LogP contribution in [0.1, 0.15) is 6.92 Å². The fourth-order valence-electron chi connectivity index (χ4n) is 2.39. The summed E-state index contributed by atoms with van der Waals surface area (Å²) < 4.78 is 33.6. The lowest BCUT2D eigenvalue weighted by Crippen LogP contribution is -2.29. The maximum atomic E-state index is 12.5. The lowest BCUT2D eigenvalue weighted by Gasteiger charge is -2.12. The molecule has 1 aliphatic heterocycles. The van der Waals surface area contributed by atoms with Crippen molar-refractivity contribution >= 4 is 44.7 Å². The third-order valence-corrected chi connectivity index (χ3v) is 4.73. The molecule has 0 fully saturated rings. The summed E-state index contributed by atoms with van der Waals surface area (Å²) in [5.41, 5.74) is 0.548. The summed E-state index contributed by atoms with van der Waals surface area (Å²) in [6.45, 7) is 1.58. The summed E-state index contributed by atoms with van der Waals surface area (Å²) in [5.74, 6) is -1.36. The highest BCUT2D eigenvalue weighted by Crippen LogP contribution is 2.37. The second-order valence-electron chi connectivity index (χ2n) is 5.57. The van der Waals surface area contributed by atoms with E-state index in [4.69, 9.17) is 11.6 Å². The van der Waals surface area contributed by atoms with Gasteiger partial charge in [-0.3, -0.25) is 4.79 Å². The van der Waals surface area contributed by atoms with E-state index in [-0.39, 0.29) is 10.7 Å². The average molecular weight is 408 g/mol. The number of para-hydroxylation sites is 1. The Labute approximate surface area is 159 Å². The van der Waals surface area contributed by atoms with Crippen LogP contribution in [0.15, 0.2) is 62.7 Å². The standard InChI is InChI=1S/C16H13ClN4O5S/c1-9-14(16(23)21(20-9)11-5-3-2-4-6-11)19-18-12-7-10(17)8-13(15(12)22)27(24,25)26/h2-8,14,22H,1H3,(H,24,25,26)/p-1. The minimum Gasteiger partial charge on any atom is -0.744 e. The molecule has 9 nitrogen and oxygen atoms in total. The predicted molar refractivity (Wildman–Crippen MR) is 96.4 cm³/mol. The summed E-state index contributed by atoms with van der Waals surface area (Å²) in [6, 6.07) is 9.55. The lowest BCUT2D eigenvalue weighted by atomic mass is 10.2. The van der Waals surface area contributed by atoms with Gasteiger partial charge in [0.25, 0.3) is 5.91 Å². The van der Waals surface area contributed by atoms with Gasteiger partial charge >= 0.3 is 0 Å². The molecule has 27 heavy (non-hydrogen) atoms. The second-order valence-corrected chi connectivity index (χ2v) is 7.36. The van der Waals surface area contributed by atoms with Crippen molar-refractivity contribution in [3.05, 3.63) is 47.5 Å². The van der Waals surface area contributed by atoms with Crippen LogP contribution in [0.5, 0.6) is 5.75 Å². The zero-order valence-corrected chi connectivity index (χ0v) is 15.3. The van der Waals surface area contributed by atoms with Gasteiger partial charge in [0.1, 0.15) is 15.8 Å². The molecular formula is C16H12ClN4O5S-. The number of carbonyl (C=O) groups is 1. The van der Waals surface area contributed by atoms with Crippen molar-refractivity contribution in [1.29, 1.82) is 0 Å². The highest BCUT2D eigenvalue weighted by Gasteiger charge is 2.34. The molecule has 0 saturated carbocycles. The summed E-state index contributed by atoms with van der Waals surface area (Å²) in [6.07, 6.45) is 0. The number of aromatic hydroxyl groups is 1. The van der Waals surface area contributed by atoms with Gasteiger partial charge in [0, 0.05) is 5.02 Å². The molecule has 140 valence electrons. The Morgan fingerprint density at radius 1 is 1.26 bits per heavy atom. The first-order chi connectivity index (χ1) is 12.7. The number of hydrazone groups is 1. The Kier molecular flexibility index (Phi) is 4.96. The zero-order valence-electron chi connectivity index (χ0n) is 13.8. The van der Waals surface area contributed by atoms with E-state index in [9.17, 15) is 22.9 Å². The molecule has 1 heterocycles. The third kappa shape index (κ3) is 3.82. The topological polar surface area (TPSA) is 135 Å². The van der Waals surface area contributed by atoms with Gasteiger partial charge in [-0.05, 0) is 31.2 Å². The van der Waals surface area contributed by atoms with Crippen LogP contribution in [-0.4, -0.2) is 35.7 Å². The fourth-order valence-corrected chi connectivity index (χ4v) is 3.28. The van der Waals surface area contributed by atoms with Crippen molar-refractivity contribution in [1.82, 2.24) is 0 Å². The first kappa shape index (κ1) is 19.0. The van der Waals surface area contributed by atoms with E-state index in [1.165, 1.54) is 5.01 Å². The Bertz CT molecular complexity index is 1070. The summed E-state index contributed by atoms with van der Waals surface area (Å²) in [5, 5.41) is 22.7. The molecule has 2 aromatic carbocycles. The van der Waals surface area contributed by atoms with E-state index in [1.54, 1.807) is 37.3 Å². The number of azo groups is 1. The van der Waals surface area contributed by atoms with Crippen LogP contribution in [-0.2, 0) is 14.9 Å². The van der Waals surface area contributed by atoms with Crippen molar-refractivity contribution < 1.29 is 22.9 Å². The van der Waals surface area contributed by atoms with E-state index < -0.39 is 32.7 Å². The molecule has 1 aliphatic rings. The second kappa shape index (κ2) is 7.06. The number of carbonyl (C=O) groups excluding carboxylic acids is 1. The van der Waals surface area contributed by atoms with Gasteiger partial charge in [0.05, 0.1) is 16.3 Å². The van der Waals surface area contributed by atoms with E-state index in [2.05, 4.69) is 15.3 Å². The van der Waals surface area contributed by atoms with E-state index >= 15 is 0 Å². The molecule has 0 aliphatic carbocycles. The number of benzene rings is 2. The van der Waals surface area contributed by atoms with Crippen molar-refractivity contribution in [2.75, 3.05) is 5.01 Å². The summed E-state index contributed by atoms with van der Waals surface area (Å²) in [4.78, 5) is 11.6. The molecule has 1 atom stereocenters. The Morgan fingerprint density at radius 3 is 2.56 bits per heavy atom. The molecule has 0 aromatic heterocycles. The largest absolute Gasteiger partial charge is 0.744 e. The molecular weight excluding hydrogens is 396 g/mol. The molecule has 1 unspecified atom stereocenters. The first-order valence-electron chi connectivity index (χ1n) is 7.52. The van der Waals surface area contributed by atoms with Crippen LogP contribution in [0.4, 0.5) is 11.4 Å².